The molecule has 0 radical (unpaired) electrons. The second-order valence-corrected chi connectivity index (χ2v) is 7.45. The Morgan fingerprint density at radius 1 is 1.06 bits per heavy atom. The first kappa shape index (κ1) is 23.3. The molecule has 0 amide bonds. The lowest BCUT2D eigenvalue weighted by Crippen LogP contribution is -2.16. The number of hydrogen-bond donors (Lipinski definition) is 1. The van der Waals surface area contributed by atoms with Gasteiger partial charge in [-0.25, -0.2) is 4.79 Å². The number of anilines is 1. The van der Waals surface area contributed by atoms with Crippen LogP contribution in [0.5, 0.6) is 5.75 Å². The summed E-state index contributed by atoms with van der Waals surface area (Å²) in [5.74, 6) is -2.68. The second kappa shape index (κ2) is 8.82. The van der Waals surface area contributed by atoms with Crippen LogP contribution in [0.2, 0.25) is 5.02 Å². The number of nitrogens with zero attached hydrogens (tertiary/aromatic N) is 1. The topological polar surface area (TPSA) is 103 Å². The van der Waals surface area contributed by atoms with Crippen LogP contribution in [0.4, 0.5) is 18.9 Å². The number of halogens is 4. The van der Waals surface area contributed by atoms with Gasteiger partial charge in [-0.3, -0.25) is 10.0 Å². The highest BCUT2D eigenvalue weighted by Crippen LogP contribution is 2.38. The van der Waals surface area contributed by atoms with Crippen LogP contribution in [-0.4, -0.2) is 11.2 Å². The third-order valence-electron chi connectivity index (χ3n) is 4.77. The maximum Gasteiger partial charge on any atom is 0.450 e. The summed E-state index contributed by atoms with van der Waals surface area (Å²) in [6.07, 6.45) is -5.00. The molecule has 0 bridgehead atoms. The monoisotopic (exact) mass is 490 g/mol. The molecule has 7 nitrogen and oxygen atoms in total. The molecule has 1 aromatic heterocycles. The fourth-order valence-corrected chi connectivity index (χ4v) is 3.36. The maximum atomic E-state index is 13.8. The summed E-state index contributed by atoms with van der Waals surface area (Å²) < 4.78 is 51.5. The van der Waals surface area contributed by atoms with Crippen LogP contribution in [-0.2, 0) is 6.18 Å². The van der Waals surface area contributed by atoms with Gasteiger partial charge in [0.15, 0.2) is 0 Å². The number of alkyl halides is 3. The largest absolute Gasteiger partial charge is 0.733 e. The van der Waals surface area contributed by atoms with Gasteiger partial charge in [-0.1, -0.05) is 29.8 Å². The van der Waals surface area contributed by atoms with Crippen LogP contribution in [0.3, 0.4) is 0 Å². The van der Waals surface area contributed by atoms with E-state index in [1.165, 1.54) is 54.6 Å². The number of fused-ring (bicyclic) bond motifs is 1. The minimum Gasteiger partial charge on any atom is -0.733 e. The summed E-state index contributed by atoms with van der Waals surface area (Å²) in [7, 11) is 0. The molecule has 0 spiro atoms. The normalized spacial score (nSPS) is 11.5. The van der Waals surface area contributed by atoms with Crippen molar-refractivity contribution in [2.24, 2.45) is 0 Å². The van der Waals surface area contributed by atoms with Crippen molar-refractivity contribution in [3.63, 3.8) is 0 Å². The van der Waals surface area contributed by atoms with E-state index in [1.807, 2.05) is 0 Å². The van der Waals surface area contributed by atoms with Crippen molar-refractivity contribution in [3.05, 3.63) is 98.5 Å². The Balaban J connectivity index is 1.78. The molecule has 174 valence electrons. The van der Waals surface area contributed by atoms with Gasteiger partial charge in [-0.05, 0) is 48.0 Å². The lowest BCUT2D eigenvalue weighted by molar-refractivity contribution is -0.152. The van der Waals surface area contributed by atoms with Gasteiger partial charge >= 0.3 is 12.1 Å². The van der Waals surface area contributed by atoms with E-state index < -0.39 is 39.7 Å². The number of esters is 1. The Labute approximate surface area is 193 Å². The van der Waals surface area contributed by atoms with Crippen molar-refractivity contribution in [1.29, 1.82) is 0 Å². The number of rotatable bonds is 4. The van der Waals surface area contributed by atoms with Crippen molar-refractivity contribution in [2.75, 3.05) is 5.23 Å². The third-order valence-corrected chi connectivity index (χ3v) is 5.02. The van der Waals surface area contributed by atoms with Gasteiger partial charge < -0.3 is 19.6 Å². The first-order valence-corrected chi connectivity index (χ1v) is 9.85. The van der Waals surface area contributed by atoms with Crippen LogP contribution in [0.1, 0.15) is 16.1 Å². The molecule has 11 heteroatoms. The molecular weight excluding hydrogens is 479 g/mol. The number of carbonyl (C=O) groups is 1. The van der Waals surface area contributed by atoms with Gasteiger partial charge in [0.2, 0.25) is 11.2 Å². The Kier molecular flexibility index (Phi) is 6.05. The van der Waals surface area contributed by atoms with Crippen molar-refractivity contribution in [3.8, 4) is 16.9 Å². The molecule has 0 unspecified atom stereocenters. The highest BCUT2D eigenvalue weighted by atomic mass is 35.5. The molecule has 4 rings (SSSR count). The van der Waals surface area contributed by atoms with Gasteiger partial charge in [0.25, 0.3) is 0 Å². The molecule has 0 saturated heterocycles. The molecular formula is C23H12ClF3NO6-. The lowest BCUT2D eigenvalue weighted by atomic mass is 10.0. The van der Waals surface area contributed by atoms with Gasteiger partial charge in [0.05, 0.1) is 22.2 Å². The minimum absolute atomic E-state index is 0.0286. The van der Waals surface area contributed by atoms with Crippen molar-refractivity contribution in [1.82, 2.24) is 0 Å². The third kappa shape index (κ3) is 4.60. The summed E-state index contributed by atoms with van der Waals surface area (Å²) in [4.78, 5) is 25.4. The number of carbonyl (C=O) groups excluding carboxylic acids is 1. The summed E-state index contributed by atoms with van der Waals surface area (Å²) in [5, 5.41) is 19.6. The van der Waals surface area contributed by atoms with Crippen molar-refractivity contribution in [2.45, 2.75) is 6.18 Å². The van der Waals surface area contributed by atoms with Crippen LogP contribution in [0, 0.1) is 5.21 Å². The van der Waals surface area contributed by atoms with Crippen molar-refractivity contribution < 1.29 is 32.3 Å². The number of ether oxygens (including phenoxy) is 1. The Hall–Kier alpha value is -3.86. The highest BCUT2D eigenvalue weighted by Gasteiger charge is 2.39. The van der Waals surface area contributed by atoms with Crippen LogP contribution < -0.4 is 15.4 Å². The van der Waals surface area contributed by atoms with Crippen molar-refractivity contribution >= 4 is 34.2 Å². The van der Waals surface area contributed by atoms with E-state index in [4.69, 9.17) is 26.0 Å². The molecule has 4 aromatic rings. The molecule has 1 N–H and O–H groups in total. The van der Waals surface area contributed by atoms with Crippen LogP contribution in [0.15, 0.2) is 75.9 Å². The van der Waals surface area contributed by atoms with E-state index in [9.17, 15) is 28.0 Å². The summed E-state index contributed by atoms with van der Waals surface area (Å²) in [6.45, 7) is 0. The van der Waals surface area contributed by atoms with Crippen LogP contribution in [0.25, 0.3) is 22.1 Å². The highest BCUT2D eigenvalue weighted by molar-refractivity contribution is 6.30. The van der Waals surface area contributed by atoms with E-state index in [0.717, 1.165) is 12.1 Å². The van der Waals surface area contributed by atoms with Gasteiger partial charge in [-0.15, -0.1) is 0 Å². The van der Waals surface area contributed by atoms with E-state index >= 15 is 0 Å². The molecule has 1 heterocycles. The van der Waals surface area contributed by atoms with Crippen LogP contribution >= 0.6 is 11.6 Å². The smallest absolute Gasteiger partial charge is 0.450 e. The summed E-state index contributed by atoms with van der Waals surface area (Å²) in [6, 6.07) is 13.5. The van der Waals surface area contributed by atoms with Gasteiger partial charge in [0, 0.05) is 11.1 Å². The molecule has 0 aliphatic heterocycles. The molecule has 34 heavy (non-hydrogen) atoms. The molecule has 0 atom stereocenters. The minimum atomic E-state index is -5.00. The Morgan fingerprint density at radius 2 is 1.76 bits per heavy atom. The van der Waals surface area contributed by atoms with Gasteiger partial charge in [0.1, 0.15) is 11.3 Å². The molecule has 0 fully saturated rings. The fraction of sp³-hybridized carbons (Fsp3) is 0.0435. The first-order valence-electron chi connectivity index (χ1n) is 9.47. The Morgan fingerprint density at radius 3 is 2.41 bits per heavy atom. The van der Waals surface area contributed by atoms with Gasteiger partial charge in [-0.2, -0.15) is 13.2 Å². The Bertz CT molecular complexity index is 1450. The SMILES string of the molecule is O=C(Oc1ccc2c(=O)c(-c3ccc(Cl)cc3)c(C(F)(F)F)oc2c1)c1cccc(N([O-])O)c1. The predicted molar refractivity (Wildman–Crippen MR) is 117 cm³/mol. The standard InChI is InChI=1S/C23H12ClF3NO6/c24-14-6-4-12(5-7-14)19-20(29)17-9-8-16(11-18(17)34-21(19)23(25,26)27)33-22(30)13-2-1-3-15(10-13)28(31)32/h1-11,31H/q-1. The first-order chi connectivity index (χ1) is 16.0. The quantitative estimate of drug-likeness (QED) is 0.211. The molecule has 0 aliphatic rings. The summed E-state index contributed by atoms with van der Waals surface area (Å²) >= 11 is 5.80. The maximum absolute atomic E-state index is 13.8. The average Bonchev–Trinajstić information content (AvgIpc) is 2.79. The molecule has 3 aromatic carbocycles. The molecule has 0 aliphatic carbocycles. The molecule has 0 saturated carbocycles. The van der Waals surface area contributed by atoms with E-state index in [1.54, 1.807) is 0 Å². The zero-order chi connectivity index (χ0) is 24.6. The average molecular weight is 491 g/mol. The summed E-state index contributed by atoms with van der Waals surface area (Å²) in [5.41, 5.74) is -2.43. The number of benzene rings is 3. The van der Waals surface area contributed by atoms with E-state index in [2.05, 4.69) is 0 Å². The zero-order valence-corrected chi connectivity index (χ0v) is 17.6. The number of hydrogen-bond acceptors (Lipinski definition) is 7. The lowest BCUT2D eigenvalue weighted by Gasteiger charge is -2.21. The predicted octanol–water partition coefficient (Wildman–Crippen LogP) is 6.04. The fourth-order valence-electron chi connectivity index (χ4n) is 3.23. The second-order valence-electron chi connectivity index (χ2n) is 7.01. The van der Waals surface area contributed by atoms with E-state index in [-0.39, 0.29) is 33.0 Å². The van der Waals surface area contributed by atoms with E-state index in [0.29, 0.717) is 0 Å². The zero-order valence-electron chi connectivity index (χ0n) is 16.8.